The molecule has 69 heavy (non-hydrogen) atoms. The fraction of sp³-hybridized carbons (Fsp3) is 0.391. The second-order valence-corrected chi connectivity index (χ2v) is 21.3. The molecule has 3 aliphatic rings. The summed E-state index contributed by atoms with van der Waals surface area (Å²) < 4.78 is 69.2. The number of aliphatic carboxylic acids is 1. The van der Waals surface area contributed by atoms with Crippen LogP contribution in [-0.2, 0) is 37.2 Å². The van der Waals surface area contributed by atoms with Crippen LogP contribution in [0.3, 0.4) is 0 Å². The summed E-state index contributed by atoms with van der Waals surface area (Å²) in [6, 6.07) is 15.9. The molecule has 2 aromatic heterocycles. The number of aromatic carboxylic acids is 1. The van der Waals surface area contributed by atoms with Crippen molar-refractivity contribution in [1.29, 1.82) is 0 Å². The number of carbonyl (C=O) groups is 5. The van der Waals surface area contributed by atoms with E-state index in [-0.39, 0.29) is 65.3 Å². The number of carboxylic acids is 2. The molecule has 3 fully saturated rings. The number of piperidine rings is 3. The predicted octanol–water partition coefficient (Wildman–Crippen LogP) is 6.70. The summed E-state index contributed by atoms with van der Waals surface area (Å²) >= 11 is 7.35. The molecular formula is C46H48ClF2N7O11S2. The van der Waals surface area contributed by atoms with E-state index in [0.717, 1.165) is 16.2 Å². The van der Waals surface area contributed by atoms with E-state index < -0.39 is 87.8 Å². The molecule has 5 aromatic rings. The van der Waals surface area contributed by atoms with E-state index in [0.29, 0.717) is 45.6 Å². The standard InChI is InChI=1S/C46H48ClF2N7O11S2/c1-45(2)21-30(50-29-9-5-7-27(19-29)39-37(47)38(67-22-36(58)59)40(68-39)42(61)62)14-17-55(45)69(65,66)23-25-6-4-8-28(18-25)51-43(63)54-16-15-31(46(48,49)24-54)26-10-11-32-34(20-26)53(3)44(64)56(32)33-12-13-35(57)52-41(33)60/h4-11,18-20,30-31,33,50H,12-17,21-24H2,1-3H3,(H,51,63)(H,58,59)(H,61,62)(H,52,57,60)/t30-,31-,33-/m0/s1. The Balaban J connectivity index is 0.882. The van der Waals surface area contributed by atoms with Gasteiger partial charge in [-0.3, -0.25) is 24.0 Å². The number of imidazole rings is 1. The number of alkyl halides is 2. The van der Waals surface area contributed by atoms with Crippen LogP contribution in [0.2, 0.25) is 5.02 Å². The van der Waals surface area contributed by atoms with E-state index in [1.807, 2.05) is 19.9 Å². The van der Waals surface area contributed by atoms with Gasteiger partial charge in [0.15, 0.2) is 17.2 Å². The van der Waals surface area contributed by atoms with E-state index in [1.165, 1.54) is 44.8 Å². The number of thiophene rings is 1. The highest BCUT2D eigenvalue weighted by Crippen LogP contribution is 2.46. The molecule has 366 valence electrons. The Labute approximate surface area is 402 Å². The summed E-state index contributed by atoms with van der Waals surface area (Å²) in [5.41, 5.74) is 1.42. The van der Waals surface area contributed by atoms with Crippen LogP contribution in [0.1, 0.15) is 78.7 Å². The largest absolute Gasteiger partial charge is 0.479 e. The number of carboxylic acid groups (broad SMARTS) is 2. The van der Waals surface area contributed by atoms with Crippen LogP contribution in [0.15, 0.2) is 71.5 Å². The van der Waals surface area contributed by atoms with Crippen LogP contribution in [0.25, 0.3) is 21.5 Å². The Kier molecular flexibility index (Phi) is 13.4. The zero-order valence-electron chi connectivity index (χ0n) is 37.5. The molecule has 0 bridgehead atoms. The van der Waals surface area contributed by atoms with Crippen molar-refractivity contribution in [1.82, 2.24) is 23.7 Å². The minimum Gasteiger partial charge on any atom is -0.479 e. The molecule has 18 nitrogen and oxygen atoms in total. The van der Waals surface area contributed by atoms with Gasteiger partial charge in [-0.25, -0.2) is 36.4 Å². The number of urea groups is 1. The molecule has 0 aliphatic carbocycles. The molecule has 3 aliphatic heterocycles. The molecule has 3 aromatic carbocycles. The van der Waals surface area contributed by atoms with Crippen LogP contribution in [0.5, 0.6) is 5.75 Å². The third-order valence-corrected chi connectivity index (χ3v) is 16.5. The number of anilines is 2. The number of aromatic nitrogens is 2. The van der Waals surface area contributed by atoms with Crippen molar-refractivity contribution in [2.45, 2.75) is 81.2 Å². The molecule has 23 heteroatoms. The molecule has 4 amide bonds. The summed E-state index contributed by atoms with van der Waals surface area (Å²) in [4.78, 5) is 75.1. The number of likely N-dealkylation sites (tertiary alicyclic amines) is 1. The number of rotatable bonds is 13. The number of hydrogen-bond acceptors (Lipinski definition) is 11. The van der Waals surface area contributed by atoms with Crippen molar-refractivity contribution >= 4 is 85.2 Å². The summed E-state index contributed by atoms with van der Waals surface area (Å²) in [5, 5.41) is 27.1. The maximum atomic E-state index is 16.0. The average Bonchev–Trinajstić information content (AvgIpc) is 3.73. The first kappa shape index (κ1) is 49.1. The fourth-order valence-corrected chi connectivity index (χ4v) is 12.9. The van der Waals surface area contributed by atoms with Gasteiger partial charge in [-0.05, 0) is 92.6 Å². The van der Waals surface area contributed by atoms with Gasteiger partial charge in [-0.2, -0.15) is 4.31 Å². The maximum Gasteiger partial charge on any atom is 0.349 e. The quantitative estimate of drug-likeness (QED) is 0.0775. The van der Waals surface area contributed by atoms with Crippen molar-refractivity contribution in [2.24, 2.45) is 7.05 Å². The lowest BCUT2D eigenvalue weighted by atomic mass is 9.86. The number of benzene rings is 3. The highest BCUT2D eigenvalue weighted by atomic mass is 35.5. The smallest absolute Gasteiger partial charge is 0.349 e. The lowest BCUT2D eigenvalue weighted by Gasteiger charge is -2.45. The van der Waals surface area contributed by atoms with Gasteiger partial charge >= 0.3 is 23.7 Å². The molecular weight excluding hydrogens is 964 g/mol. The molecule has 5 N–H and O–H groups in total. The van der Waals surface area contributed by atoms with Gasteiger partial charge in [0.1, 0.15) is 11.1 Å². The fourth-order valence-electron chi connectivity index (χ4n) is 9.57. The number of carbonyl (C=O) groups excluding carboxylic acids is 3. The Morgan fingerprint density at radius 1 is 0.957 bits per heavy atom. The summed E-state index contributed by atoms with van der Waals surface area (Å²) in [6.45, 7) is 2.12. The normalized spacial score (nSPS) is 20.6. The monoisotopic (exact) mass is 1010 g/mol. The molecule has 0 saturated carbocycles. The number of amides is 4. The number of ether oxygens (including phenoxy) is 1. The van der Waals surface area contributed by atoms with Crippen LogP contribution < -0.4 is 26.4 Å². The van der Waals surface area contributed by atoms with E-state index in [4.69, 9.17) is 21.4 Å². The number of fused-ring (bicyclic) bond motifs is 1. The van der Waals surface area contributed by atoms with Crippen molar-refractivity contribution < 1.29 is 56.1 Å². The van der Waals surface area contributed by atoms with Crippen molar-refractivity contribution in [2.75, 3.05) is 36.9 Å². The average molecular weight is 1010 g/mol. The zero-order chi connectivity index (χ0) is 49.7. The van der Waals surface area contributed by atoms with Gasteiger partial charge in [-0.15, -0.1) is 11.3 Å². The summed E-state index contributed by atoms with van der Waals surface area (Å²) in [5.74, 6) is -8.95. The minimum absolute atomic E-state index is 0.0250. The number of nitrogens with one attached hydrogen (secondary N) is 3. The number of aryl methyl sites for hydroxylation is 1. The predicted molar refractivity (Wildman–Crippen MR) is 253 cm³/mol. The molecule has 0 unspecified atom stereocenters. The van der Waals surface area contributed by atoms with Gasteiger partial charge in [0.05, 0.1) is 34.1 Å². The van der Waals surface area contributed by atoms with Crippen molar-refractivity contribution in [3.8, 4) is 16.2 Å². The summed E-state index contributed by atoms with van der Waals surface area (Å²) in [7, 11) is -2.45. The number of sulfonamides is 1. The molecule has 0 spiro atoms. The highest BCUT2D eigenvalue weighted by molar-refractivity contribution is 7.88. The Morgan fingerprint density at radius 3 is 2.39 bits per heavy atom. The van der Waals surface area contributed by atoms with Crippen LogP contribution in [0, 0.1) is 0 Å². The van der Waals surface area contributed by atoms with E-state index in [2.05, 4.69) is 16.0 Å². The van der Waals surface area contributed by atoms with E-state index in [9.17, 15) is 42.3 Å². The van der Waals surface area contributed by atoms with Crippen LogP contribution in [0.4, 0.5) is 25.0 Å². The lowest BCUT2D eigenvalue weighted by molar-refractivity contribution is -0.139. The summed E-state index contributed by atoms with van der Waals surface area (Å²) in [6.07, 6.45) is 0.927. The van der Waals surface area contributed by atoms with Crippen LogP contribution >= 0.6 is 22.9 Å². The van der Waals surface area contributed by atoms with Crippen molar-refractivity contribution in [3.05, 3.63) is 98.2 Å². The third-order valence-electron chi connectivity index (χ3n) is 12.7. The van der Waals surface area contributed by atoms with E-state index >= 15 is 8.78 Å². The van der Waals surface area contributed by atoms with Crippen molar-refractivity contribution in [3.63, 3.8) is 0 Å². The van der Waals surface area contributed by atoms with Gasteiger partial charge in [0, 0.05) is 49.5 Å². The molecule has 0 radical (unpaired) electrons. The van der Waals surface area contributed by atoms with E-state index in [1.54, 1.807) is 36.4 Å². The molecule has 3 atom stereocenters. The Hall–Kier alpha value is -6.36. The molecule has 8 rings (SSSR count). The number of hydrogen-bond donors (Lipinski definition) is 5. The van der Waals surface area contributed by atoms with Gasteiger partial charge in [0.2, 0.25) is 21.8 Å². The third kappa shape index (κ3) is 10.1. The second kappa shape index (κ2) is 18.9. The molecule has 3 saturated heterocycles. The first-order chi connectivity index (χ1) is 32.5. The Bertz CT molecular complexity index is 3080. The SMILES string of the molecule is Cn1c(=O)n([C@H]2CCC(=O)NC2=O)c2ccc([C@@H]3CCN(C(=O)Nc4cccc(CS(=O)(=O)N5CC[C@H](Nc6cccc(-c7sc(C(=O)O)c(OCC(=O)O)c7Cl)c6)CC5(C)C)c4)CC3(F)F)cc21. The number of halogens is 3. The topological polar surface area (TPSA) is 239 Å². The second-order valence-electron chi connectivity index (χ2n) is 18.0. The van der Waals surface area contributed by atoms with Gasteiger partial charge in [-0.1, -0.05) is 41.9 Å². The lowest BCUT2D eigenvalue weighted by Crippen LogP contribution is -2.55. The Morgan fingerprint density at radius 2 is 1.70 bits per heavy atom. The van der Waals surface area contributed by atoms with Gasteiger partial charge in [0.25, 0.3) is 5.92 Å². The van der Waals surface area contributed by atoms with Crippen LogP contribution in [-0.4, -0.2) is 110 Å². The number of imide groups is 1. The highest BCUT2D eigenvalue weighted by Gasteiger charge is 2.47. The number of nitrogens with zero attached hydrogens (tertiary/aromatic N) is 4. The maximum absolute atomic E-state index is 16.0. The zero-order valence-corrected chi connectivity index (χ0v) is 39.9. The van der Waals surface area contributed by atoms with Gasteiger partial charge < -0.3 is 30.5 Å². The molecule has 5 heterocycles. The first-order valence-corrected chi connectivity index (χ1v) is 24.7. The first-order valence-electron chi connectivity index (χ1n) is 21.9. The minimum atomic E-state index is -3.93.